The van der Waals surface area contributed by atoms with E-state index in [-0.39, 0.29) is 0 Å². The summed E-state index contributed by atoms with van der Waals surface area (Å²) in [7, 11) is 2.24. The third kappa shape index (κ3) is 1.61. The Morgan fingerprint density at radius 3 is 2.67 bits per heavy atom. The normalized spacial score (nSPS) is 11.7. The quantitative estimate of drug-likeness (QED) is 0.542. The van der Waals surface area contributed by atoms with Crippen LogP contribution in [0.2, 0.25) is 0 Å². The minimum absolute atomic E-state index is 0.864. The molecule has 0 N–H and O–H groups in total. The molecule has 0 saturated carbocycles. The average molecular weight is 228 g/mol. The topological polar surface area (TPSA) is 0 Å². The van der Waals surface area contributed by atoms with Gasteiger partial charge in [-0.15, -0.1) is 8.19 Å². The van der Waals surface area contributed by atoms with E-state index in [0.29, 0.717) is 0 Å². The molecular formula is C13H10P2. The smallest absolute Gasteiger partial charge is 0.0260 e. The predicted octanol–water partition coefficient (Wildman–Crippen LogP) is 5.12. The lowest BCUT2D eigenvalue weighted by atomic mass is 10.1. The Hall–Kier alpha value is -1.09. The van der Waals surface area contributed by atoms with Gasteiger partial charge < -0.3 is 0 Å². The summed E-state index contributed by atoms with van der Waals surface area (Å²) < 4.78 is 0. The first-order chi connectivity index (χ1) is 7.45. The first kappa shape index (κ1) is 9.16. The van der Waals surface area contributed by atoms with Crippen LogP contribution in [0.15, 0.2) is 54.1 Å². The largest absolute Gasteiger partial charge is 0.126 e. The summed E-state index contributed by atoms with van der Waals surface area (Å²) in [5.41, 5.74) is 1.43. The highest BCUT2D eigenvalue weighted by Crippen LogP contribution is 2.40. The van der Waals surface area contributed by atoms with Crippen LogP contribution in [0, 0.1) is 0 Å². The molecule has 3 rings (SSSR count). The lowest BCUT2D eigenvalue weighted by Crippen LogP contribution is -1.75. The Kier molecular flexibility index (Phi) is 2.33. The van der Waals surface area contributed by atoms with E-state index in [2.05, 4.69) is 54.1 Å². The number of benzene rings is 2. The maximum absolute atomic E-state index is 2.28. The molecule has 0 radical (unpaired) electrons. The fourth-order valence-electron chi connectivity index (χ4n) is 1.84. The molecule has 3 aromatic rings. The fraction of sp³-hybridized carbons (Fsp3) is 0. The molecule has 1 unspecified atom stereocenters. The minimum Gasteiger partial charge on any atom is -0.126 e. The third-order valence-electron chi connectivity index (χ3n) is 2.54. The lowest BCUT2D eigenvalue weighted by molar-refractivity contribution is 1.75. The highest BCUT2D eigenvalue weighted by molar-refractivity contribution is 7.52. The van der Waals surface area contributed by atoms with Gasteiger partial charge in [0.05, 0.1) is 0 Å². The molecule has 0 spiro atoms. The molecule has 72 valence electrons. The van der Waals surface area contributed by atoms with E-state index in [9.17, 15) is 0 Å². The van der Waals surface area contributed by atoms with Crippen molar-refractivity contribution in [3.63, 3.8) is 0 Å². The molecule has 0 aliphatic heterocycles. The molecule has 1 heterocycles. The van der Waals surface area contributed by atoms with E-state index in [1.807, 2.05) is 0 Å². The average Bonchev–Trinajstić information content (AvgIpc) is 2.82. The second-order valence-corrected chi connectivity index (χ2v) is 6.01. The van der Waals surface area contributed by atoms with Crippen molar-refractivity contribution in [1.82, 2.24) is 0 Å². The Morgan fingerprint density at radius 1 is 0.933 bits per heavy atom. The lowest BCUT2D eigenvalue weighted by Gasteiger charge is -2.03. The molecule has 15 heavy (non-hydrogen) atoms. The van der Waals surface area contributed by atoms with Crippen molar-refractivity contribution in [2.45, 2.75) is 0 Å². The molecule has 0 bridgehead atoms. The van der Waals surface area contributed by atoms with Gasteiger partial charge in [-0.3, -0.25) is 0 Å². The van der Waals surface area contributed by atoms with Crippen molar-refractivity contribution in [3.8, 4) is 10.6 Å². The van der Waals surface area contributed by atoms with E-state index in [0.717, 1.165) is 8.19 Å². The van der Waals surface area contributed by atoms with Gasteiger partial charge in [-0.25, -0.2) is 0 Å². The molecular weight excluding hydrogens is 218 g/mol. The summed E-state index contributed by atoms with van der Waals surface area (Å²) >= 11 is 0. The molecule has 0 saturated heterocycles. The summed E-state index contributed by atoms with van der Waals surface area (Å²) in [5, 5.41) is 4.28. The number of fused-ring (bicyclic) bond motifs is 1. The summed E-state index contributed by atoms with van der Waals surface area (Å²) in [4.78, 5) is 0. The van der Waals surface area contributed by atoms with Gasteiger partial charge in [-0.05, 0) is 27.9 Å². The third-order valence-corrected chi connectivity index (χ3v) is 5.27. The van der Waals surface area contributed by atoms with Crippen molar-refractivity contribution < 1.29 is 0 Å². The Bertz CT molecular complexity index is 577. The van der Waals surface area contributed by atoms with E-state index in [1.165, 1.54) is 24.5 Å². The summed E-state index contributed by atoms with van der Waals surface area (Å²) in [6.45, 7) is 0. The highest BCUT2D eigenvalue weighted by atomic mass is 31.1. The van der Waals surface area contributed by atoms with Crippen LogP contribution >= 0.6 is 16.4 Å². The van der Waals surface area contributed by atoms with E-state index >= 15 is 0 Å². The van der Waals surface area contributed by atoms with Gasteiger partial charge in [0.2, 0.25) is 0 Å². The molecule has 0 aliphatic carbocycles. The first-order valence-electron chi connectivity index (χ1n) is 4.93. The van der Waals surface area contributed by atoms with Gasteiger partial charge in [0.15, 0.2) is 0 Å². The molecule has 1 atom stereocenters. The zero-order valence-electron chi connectivity index (χ0n) is 8.14. The zero-order chi connectivity index (χ0) is 10.1. The maximum Gasteiger partial charge on any atom is 0.0260 e. The van der Waals surface area contributed by atoms with Crippen molar-refractivity contribution in [1.29, 1.82) is 0 Å². The second kappa shape index (κ2) is 3.81. The van der Waals surface area contributed by atoms with E-state index < -0.39 is 0 Å². The maximum atomic E-state index is 2.28. The van der Waals surface area contributed by atoms with Gasteiger partial charge >= 0.3 is 0 Å². The molecule has 2 heteroatoms. The monoisotopic (exact) mass is 228 g/mol. The van der Waals surface area contributed by atoms with Gasteiger partial charge in [0, 0.05) is 5.03 Å². The van der Waals surface area contributed by atoms with Crippen molar-refractivity contribution in [2.75, 3.05) is 0 Å². The van der Waals surface area contributed by atoms with Crippen molar-refractivity contribution in [2.24, 2.45) is 0 Å². The summed E-state index contributed by atoms with van der Waals surface area (Å²) in [6, 6.07) is 15.2. The van der Waals surface area contributed by atoms with Crippen LogP contribution in [0.25, 0.3) is 21.4 Å². The summed E-state index contributed by atoms with van der Waals surface area (Å²) in [5.74, 6) is 4.52. The molecule has 0 nitrogen and oxygen atoms in total. The van der Waals surface area contributed by atoms with Gasteiger partial charge in [0.1, 0.15) is 0 Å². The van der Waals surface area contributed by atoms with Crippen LogP contribution in [0.4, 0.5) is 0 Å². The fourth-order valence-corrected chi connectivity index (χ4v) is 4.20. The first-order valence-corrected chi connectivity index (χ1v) is 6.97. The molecule has 0 amide bonds. The van der Waals surface area contributed by atoms with Crippen LogP contribution in [0.3, 0.4) is 0 Å². The minimum atomic E-state index is 0.864. The molecule has 2 aromatic carbocycles. The van der Waals surface area contributed by atoms with Crippen LogP contribution in [0.5, 0.6) is 0 Å². The zero-order valence-corrected chi connectivity index (χ0v) is 10.0. The van der Waals surface area contributed by atoms with Gasteiger partial charge in [0.25, 0.3) is 0 Å². The standard InChI is InChI=1S/C13H10P2/c1-2-6-11-10(4-1)5-3-7-12(11)13-14-8-9-15-13/h1-9,14H. The SMILES string of the molecule is c1ccc2c(-c3pcc[pH]3)cccc2c1. The van der Waals surface area contributed by atoms with Crippen molar-refractivity contribution in [3.05, 3.63) is 54.1 Å². The predicted molar refractivity (Wildman–Crippen MR) is 71.4 cm³/mol. The molecule has 0 fully saturated rings. The van der Waals surface area contributed by atoms with E-state index in [1.54, 1.807) is 5.03 Å². The second-order valence-electron chi connectivity index (χ2n) is 3.46. The molecule has 0 aliphatic rings. The van der Waals surface area contributed by atoms with Crippen LogP contribution in [0.1, 0.15) is 0 Å². The van der Waals surface area contributed by atoms with Crippen LogP contribution < -0.4 is 0 Å². The Labute approximate surface area is 92.2 Å². The van der Waals surface area contributed by atoms with Crippen LogP contribution in [-0.4, -0.2) is 0 Å². The van der Waals surface area contributed by atoms with Crippen LogP contribution in [-0.2, 0) is 0 Å². The number of rotatable bonds is 1. The summed E-state index contributed by atoms with van der Waals surface area (Å²) in [6.07, 6.45) is 0. The highest BCUT2D eigenvalue weighted by Gasteiger charge is 2.02. The van der Waals surface area contributed by atoms with Gasteiger partial charge in [-0.2, -0.15) is 0 Å². The molecule has 1 aromatic heterocycles. The Balaban J connectivity index is 2.36. The number of hydrogen-bond acceptors (Lipinski definition) is 0. The van der Waals surface area contributed by atoms with Crippen molar-refractivity contribution >= 4 is 27.2 Å². The number of hydrogen-bond donors (Lipinski definition) is 0. The van der Waals surface area contributed by atoms with Gasteiger partial charge in [-0.1, -0.05) is 50.7 Å². The Morgan fingerprint density at radius 2 is 1.80 bits per heavy atom. The van der Waals surface area contributed by atoms with E-state index in [4.69, 9.17) is 0 Å².